The van der Waals surface area contributed by atoms with Crippen molar-refractivity contribution < 1.29 is 78.9 Å². The van der Waals surface area contributed by atoms with Gasteiger partial charge in [-0.05, 0) is 36.4 Å². The lowest BCUT2D eigenvalue weighted by atomic mass is 9.88. The topological polar surface area (TPSA) is 296 Å². The number of carboxylic acids is 1. The molecule has 0 unspecified atom stereocenters. The molecule has 0 bridgehead atoms. The number of aliphatic carboxylic acids is 1. The zero-order valence-corrected chi connectivity index (χ0v) is 26.0. The summed E-state index contributed by atoms with van der Waals surface area (Å²) in [6.07, 6.45) is -14.5. The van der Waals surface area contributed by atoms with E-state index in [1.165, 1.54) is 43.8 Å². The number of hydrogen-bond donors (Lipinski definition) is 10. The van der Waals surface area contributed by atoms with E-state index in [1.807, 2.05) is 0 Å². The number of carbonyl (C=O) groups excluding carboxylic acids is 2. The van der Waals surface area contributed by atoms with Gasteiger partial charge in [-0.15, -0.1) is 0 Å². The predicted octanol–water partition coefficient (Wildman–Crippen LogP) is -4.15. The van der Waals surface area contributed by atoms with E-state index >= 15 is 0 Å². The Labute approximate surface area is 278 Å². The molecule has 0 aliphatic carbocycles. The Morgan fingerprint density at radius 3 is 2.35 bits per heavy atom. The van der Waals surface area contributed by atoms with Gasteiger partial charge in [0.2, 0.25) is 12.2 Å². The van der Waals surface area contributed by atoms with E-state index in [4.69, 9.17) is 23.7 Å². The normalized spacial score (nSPS) is 31.2. The van der Waals surface area contributed by atoms with Crippen LogP contribution in [0.1, 0.15) is 16.8 Å². The Morgan fingerprint density at radius 1 is 1.04 bits per heavy atom. The minimum Gasteiger partial charge on any atom is -0.497 e. The predicted molar refractivity (Wildman–Crippen MR) is 160 cm³/mol. The molecule has 4 rings (SSSR count). The van der Waals surface area contributed by atoms with Crippen molar-refractivity contribution in [3.8, 4) is 11.5 Å². The zero-order chi connectivity index (χ0) is 35.9. The van der Waals surface area contributed by atoms with Crippen LogP contribution >= 0.6 is 0 Å². The first-order valence-corrected chi connectivity index (χ1v) is 15.0. The van der Waals surface area contributed by atoms with Gasteiger partial charge in [0.25, 0.3) is 11.7 Å². The lowest BCUT2D eigenvalue weighted by Crippen LogP contribution is -2.69. The Balaban J connectivity index is 1.51. The summed E-state index contributed by atoms with van der Waals surface area (Å²) in [7, 11) is 1.45. The number of aliphatic hydroxyl groups is 7. The fourth-order valence-electron chi connectivity index (χ4n) is 5.24. The molecule has 2 aliphatic rings. The zero-order valence-electron chi connectivity index (χ0n) is 26.0. The van der Waals surface area contributed by atoms with E-state index in [0.717, 1.165) is 0 Å². The third-order valence-corrected chi connectivity index (χ3v) is 7.96. The fourth-order valence-corrected chi connectivity index (χ4v) is 5.24. The number of methoxy groups -OCH3 is 1. The number of carboxylic acid groups (broad SMARTS) is 1. The van der Waals surface area contributed by atoms with Crippen molar-refractivity contribution >= 4 is 17.8 Å². The summed E-state index contributed by atoms with van der Waals surface area (Å²) in [6.45, 7) is -2.52. The smallest absolute Gasteiger partial charge is 0.364 e. The number of aliphatic hydroxyl groups excluding tert-OH is 7. The Bertz CT molecular complexity index is 1400. The molecule has 11 atom stereocenters. The van der Waals surface area contributed by atoms with Crippen LogP contribution in [0.15, 0.2) is 48.8 Å². The molecule has 2 aliphatic heterocycles. The molecule has 1 aromatic heterocycles. The molecule has 0 radical (unpaired) electrons. The maximum absolute atomic E-state index is 12.6. The van der Waals surface area contributed by atoms with Crippen LogP contribution in [0.5, 0.6) is 11.5 Å². The van der Waals surface area contributed by atoms with Crippen molar-refractivity contribution in [3.05, 3.63) is 54.4 Å². The van der Waals surface area contributed by atoms with Gasteiger partial charge in [-0.1, -0.05) is 0 Å². The first-order chi connectivity index (χ1) is 23.3. The molecular formula is C30H39N3O16. The highest BCUT2D eigenvalue weighted by Gasteiger charge is 2.57. The van der Waals surface area contributed by atoms with E-state index in [9.17, 15) is 55.2 Å². The number of ether oxygens (including phenoxy) is 5. The largest absolute Gasteiger partial charge is 0.497 e. The van der Waals surface area contributed by atoms with Crippen molar-refractivity contribution in [1.82, 2.24) is 15.6 Å². The standard InChI is InChI=1S/C30H39N3O16/c1-45-15-4-6-16(7-5-15)47-28-25(41)24(40)23(39)19(48-28)13-46-30(29(43)44)9-17(35)21(33-20(37)12-34)26(49-30)22(38)18(36)11-32-27(42)14-3-2-8-31-10-14/h2-8,10,17-19,21-26,28,34-36,38-41H,9,11-13H2,1H3,(H,32,42)(H,33,37)(H,43,44)/t17-,18+,19+,21+,22+,23-,24-,25+,26+,28+,30+/m0/s1. The summed E-state index contributed by atoms with van der Waals surface area (Å²) in [6, 6.07) is 7.37. The highest BCUT2D eigenvalue weighted by atomic mass is 16.7. The van der Waals surface area contributed by atoms with E-state index < -0.39 is 111 Å². The molecule has 1 aromatic carbocycles. The van der Waals surface area contributed by atoms with Gasteiger partial charge in [-0.2, -0.15) is 0 Å². The van der Waals surface area contributed by atoms with Gasteiger partial charge in [0.15, 0.2) is 0 Å². The average molecular weight is 698 g/mol. The van der Waals surface area contributed by atoms with Crippen molar-refractivity contribution in [2.24, 2.45) is 0 Å². The van der Waals surface area contributed by atoms with Gasteiger partial charge >= 0.3 is 5.97 Å². The molecule has 3 heterocycles. The molecule has 2 fully saturated rings. The number of rotatable bonds is 14. The Morgan fingerprint density at radius 2 is 1.73 bits per heavy atom. The number of nitrogens with zero attached hydrogens (tertiary/aromatic N) is 1. The van der Waals surface area contributed by atoms with Crippen LogP contribution in [0, 0.1) is 0 Å². The monoisotopic (exact) mass is 697 g/mol. The summed E-state index contributed by atoms with van der Waals surface area (Å²) >= 11 is 0. The van der Waals surface area contributed by atoms with Crippen LogP contribution in [0.25, 0.3) is 0 Å². The van der Waals surface area contributed by atoms with Crippen molar-refractivity contribution in [2.45, 2.75) is 73.4 Å². The van der Waals surface area contributed by atoms with E-state index in [1.54, 1.807) is 12.1 Å². The van der Waals surface area contributed by atoms with Crippen molar-refractivity contribution in [2.75, 3.05) is 26.9 Å². The number of amides is 2. The van der Waals surface area contributed by atoms with Crippen LogP contribution in [-0.4, -0.2) is 157 Å². The third kappa shape index (κ3) is 8.97. The van der Waals surface area contributed by atoms with Gasteiger partial charge < -0.3 is 75.2 Å². The molecule has 0 spiro atoms. The lowest BCUT2D eigenvalue weighted by Gasteiger charge is -2.47. The van der Waals surface area contributed by atoms with Crippen molar-refractivity contribution in [3.63, 3.8) is 0 Å². The Kier molecular flexibility index (Phi) is 12.8. The van der Waals surface area contributed by atoms with Crippen LogP contribution in [0.4, 0.5) is 0 Å². The third-order valence-electron chi connectivity index (χ3n) is 7.96. The maximum atomic E-state index is 12.6. The second-order valence-electron chi connectivity index (χ2n) is 11.3. The quantitative estimate of drug-likeness (QED) is 0.0896. The average Bonchev–Trinajstić information content (AvgIpc) is 3.11. The molecule has 2 saturated heterocycles. The molecule has 10 N–H and O–H groups in total. The van der Waals surface area contributed by atoms with E-state index in [0.29, 0.717) is 5.75 Å². The molecule has 49 heavy (non-hydrogen) atoms. The molecule has 2 aromatic rings. The number of aromatic nitrogens is 1. The molecule has 0 saturated carbocycles. The summed E-state index contributed by atoms with van der Waals surface area (Å²) in [5, 5.41) is 88.5. The molecule has 19 nitrogen and oxygen atoms in total. The van der Waals surface area contributed by atoms with Crippen LogP contribution < -0.4 is 20.1 Å². The SMILES string of the molecule is COc1ccc(O[C@@H]2O[C@H](CO[C@]3(C(=O)O)C[C@H](O)[C@@H](NC(=O)CO)[C@H]([C@H](O)[C@H](O)CNC(=O)c4cccnc4)O3)[C@H](O)[C@H](O)[C@H]2O)cc1. The summed E-state index contributed by atoms with van der Waals surface area (Å²) in [5.41, 5.74) is 0.126. The van der Waals surface area contributed by atoms with Gasteiger partial charge in [-0.3, -0.25) is 14.6 Å². The Hall–Kier alpha value is -4.02. The highest BCUT2D eigenvalue weighted by molar-refractivity contribution is 5.93. The van der Waals surface area contributed by atoms with Crippen molar-refractivity contribution in [1.29, 1.82) is 0 Å². The minimum absolute atomic E-state index is 0.126. The van der Waals surface area contributed by atoms with E-state index in [2.05, 4.69) is 15.6 Å². The molecular weight excluding hydrogens is 658 g/mol. The van der Waals surface area contributed by atoms with Crippen LogP contribution in [0.3, 0.4) is 0 Å². The summed E-state index contributed by atoms with van der Waals surface area (Å²) in [4.78, 5) is 40.9. The number of carbonyl (C=O) groups is 3. The second-order valence-corrected chi connectivity index (χ2v) is 11.3. The first-order valence-electron chi connectivity index (χ1n) is 15.0. The maximum Gasteiger partial charge on any atom is 0.364 e. The number of hydrogen-bond acceptors (Lipinski definition) is 16. The molecule has 19 heteroatoms. The van der Waals surface area contributed by atoms with Crippen LogP contribution in [0.2, 0.25) is 0 Å². The minimum atomic E-state index is -2.82. The molecule has 2 amide bonds. The second kappa shape index (κ2) is 16.6. The highest BCUT2D eigenvalue weighted by Crippen LogP contribution is 2.35. The molecule has 270 valence electrons. The van der Waals surface area contributed by atoms with Gasteiger partial charge in [0.05, 0.1) is 37.5 Å². The lowest BCUT2D eigenvalue weighted by molar-refractivity contribution is -0.331. The number of pyridine rings is 1. The van der Waals surface area contributed by atoms with Crippen LogP contribution in [-0.2, 0) is 23.8 Å². The number of nitrogens with one attached hydrogen (secondary N) is 2. The fraction of sp³-hybridized carbons (Fsp3) is 0.533. The van der Waals surface area contributed by atoms with E-state index in [-0.39, 0.29) is 11.3 Å². The summed E-state index contributed by atoms with van der Waals surface area (Å²) in [5.74, 6) is -5.70. The number of benzene rings is 1. The van der Waals surface area contributed by atoms with Gasteiger partial charge in [0.1, 0.15) is 54.7 Å². The van der Waals surface area contributed by atoms with Gasteiger partial charge in [-0.25, -0.2) is 4.79 Å². The van der Waals surface area contributed by atoms with Gasteiger partial charge in [0, 0.05) is 25.4 Å². The summed E-state index contributed by atoms with van der Waals surface area (Å²) < 4.78 is 27.5. The first kappa shape index (κ1) is 37.8.